The number of rotatable bonds is 8. The van der Waals surface area contributed by atoms with Gasteiger partial charge in [-0.15, -0.1) is 0 Å². The van der Waals surface area contributed by atoms with Gasteiger partial charge in [0.05, 0.1) is 20.1 Å². The number of carbonyl (C=O) groups is 1. The Kier molecular flexibility index (Phi) is 6.58. The van der Waals surface area contributed by atoms with E-state index in [0.717, 1.165) is 4.31 Å². The lowest BCUT2D eigenvalue weighted by Crippen LogP contribution is -2.32. The molecule has 126 valence electrons. The standard InChI is InChI=1S/C14H24N2O5S/c1-11(2)16(9-8-13(17)20-5)10-12-6-7-14(21-12)22(18,19)15(3)4/h6-7,11H,8-10H2,1-5H3. The SMILES string of the molecule is COC(=O)CCN(Cc1ccc(S(=O)(=O)N(C)C)o1)C(C)C. The molecule has 8 heteroatoms. The molecule has 0 fully saturated rings. The first kappa shape index (κ1) is 18.7. The van der Waals surface area contributed by atoms with E-state index < -0.39 is 10.0 Å². The third-order valence-electron chi connectivity index (χ3n) is 3.29. The molecule has 22 heavy (non-hydrogen) atoms. The van der Waals surface area contributed by atoms with Crippen molar-refractivity contribution in [1.82, 2.24) is 9.21 Å². The van der Waals surface area contributed by atoms with Crippen molar-refractivity contribution in [3.63, 3.8) is 0 Å². The van der Waals surface area contributed by atoms with E-state index in [4.69, 9.17) is 4.42 Å². The van der Waals surface area contributed by atoms with Gasteiger partial charge in [-0.05, 0) is 26.0 Å². The molecule has 0 aliphatic heterocycles. The van der Waals surface area contributed by atoms with Gasteiger partial charge in [0, 0.05) is 26.7 Å². The van der Waals surface area contributed by atoms with E-state index in [9.17, 15) is 13.2 Å². The van der Waals surface area contributed by atoms with E-state index >= 15 is 0 Å². The molecule has 0 bridgehead atoms. The van der Waals surface area contributed by atoms with Gasteiger partial charge >= 0.3 is 5.97 Å². The van der Waals surface area contributed by atoms with E-state index in [1.54, 1.807) is 6.07 Å². The Bertz CT molecular complexity index is 592. The second-order valence-corrected chi connectivity index (χ2v) is 7.48. The Balaban J connectivity index is 2.79. The lowest BCUT2D eigenvalue weighted by atomic mass is 10.2. The number of esters is 1. The van der Waals surface area contributed by atoms with Crippen molar-refractivity contribution in [2.24, 2.45) is 0 Å². The Morgan fingerprint density at radius 1 is 1.32 bits per heavy atom. The summed E-state index contributed by atoms with van der Waals surface area (Å²) < 4.78 is 35.1. The minimum atomic E-state index is -3.57. The van der Waals surface area contributed by atoms with Gasteiger partial charge in [-0.25, -0.2) is 12.7 Å². The van der Waals surface area contributed by atoms with Gasteiger partial charge < -0.3 is 9.15 Å². The predicted octanol–water partition coefficient (Wildman–Crippen LogP) is 1.30. The number of nitrogens with zero attached hydrogens (tertiary/aromatic N) is 2. The molecule has 0 atom stereocenters. The summed E-state index contributed by atoms with van der Waals surface area (Å²) in [6, 6.07) is 3.27. The minimum Gasteiger partial charge on any atom is -0.469 e. The average Bonchev–Trinajstić information content (AvgIpc) is 2.91. The van der Waals surface area contributed by atoms with E-state index in [0.29, 0.717) is 18.8 Å². The number of hydrogen-bond donors (Lipinski definition) is 0. The Labute approximate surface area is 131 Å². The summed E-state index contributed by atoms with van der Waals surface area (Å²) in [5.41, 5.74) is 0. The first-order valence-corrected chi connectivity index (χ1v) is 8.44. The van der Waals surface area contributed by atoms with Crippen LogP contribution in [0.3, 0.4) is 0 Å². The van der Waals surface area contributed by atoms with Gasteiger partial charge in [-0.1, -0.05) is 0 Å². The van der Waals surface area contributed by atoms with E-state index in [2.05, 4.69) is 4.74 Å². The lowest BCUT2D eigenvalue weighted by molar-refractivity contribution is -0.141. The lowest BCUT2D eigenvalue weighted by Gasteiger charge is -2.24. The maximum atomic E-state index is 12.0. The van der Waals surface area contributed by atoms with Gasteiger partial charge in [0.2, 0.25) is 5.09 Å². The van der Waals surface area contributed by atoms with Gasteiger partial charge in [-0.3, -0.25) is 9.69 Å². The zero-order valence-corrected chi connectivity index (χ0v) is 14.5. The molecule has 0 saturated carbocycles. The van der Waals surface area contributed by atoms with Crippen molar-refractivity contribution < 1.29 is 22.4 Å². The molecular formula is C14H24N2O5S. The van der Waals surface area contributed by atoms with Crippen molar-refractivity contribution in [2.75, 3.05) is 27.7 Å². The number of methoxy groups -OCH3 is 1. The van der Waals surface area contributed by atoms with Crippen LogP contribution < -0.4 is 0 Å². The van der Waals surface area contributed by atoms with Crippen molar-refractivity contribution in [1.29, 1.82) is 0 Å². The maximum absolute atomic E-state index is 12.0. The fourth-order valence-corrected chi connectivity index (χ4v) is 2.63. The van der Waals surface area contributed by atoms with Crippen LogP contribution in [0.25, 0.3) is 0 Å². The van der Waals surface area contributed by atoms with Crippen LogP contribution in [0.2, 0.25) is 0 Å². The van der Waals surface area contributed by atoms with Gasteiger partial charge in [0.1, 0.15) is 5.76 Å². The number of ether oxygens (including phenoxy) is 1. The first-order valence-electron chi connectivity index (χ1n) is 7.00. The fraction of sp³-hybridized carbons (Fsp3) is 0.643. The number of carbonyl (C=O) groups excluding carboxylic acids is 1. The van der Waals surface area contributed by atoms with Crippen molar-refractivity contribution in [2.45, 2.75) is 37.9 Å². The summed E-state index contributed by atoms with van der Waals surface area (Å²) in [5, 5.41) is -0.0795. The van der Waals surface area contributed by atoms with Crippen LogP contribution in [-0.4, -0.2) is 57.4 Å². The number of hydrogen-bond acceptors (Lipinski definition) is 6. The highest BCUT2D eigenvalue weighted by molar-refractivity contribution is 7.88. The Hall–Kier alpha value is -1.38. The molecule has 1 aromatic heterocycles. The zero-order valence-electron chi connectivity index (χ0n) is 13.7. The average molecular weight is 332 g/mol. The third kappa shape index (κ3) is 4.82. The van der Waals surface area contributed by atoms with Crippen LogP contribution in [0.5, 0.6) is 0 Å². The molecule has 0 spiro atoms. The van der Waals surface area contributed by atoms with Crippen LogP contribution in [0.1, 0.15) is 26.0 Å². The number of sulfonamides is 1. The summed E-state index contributed by atoms with van der Waals surface area (Å²) in [6.07, 6.45) is 0.276. The summed E-state index contributed by atoms with van der Waals surface area (Å²) in [4.78, 5) is 13.3. The topological polar surface area (TPSA) is 80.1 Å². The molecule has 1 heterocycles. The maximum Gasteiger partial charge on any atom is 0.306 e. The van der Waals surface area contributed by atoms with E-state index in [-0.39, 0.29) is 23.5 Å². The predicted molar refractivity (Wildman–Crippen MR) is 81.8 cm³/mol. The first-order chi connectivity index (χ1) is 10.2. The molecule has 0 unspecified atom stereocenters. The van der Waals surface area contributed by atoms with Crippen LogP contribution in [-0.2, 0) is 26.1 Å². The molecule has 0 aliphatic rings. The van der Waals surface area contributed by atoms with Crippen molar-refractivity contribution in [3.8, 4) is 0 Å². The monoisotopic (exact) mass is 332 g/mol. The summed E-state index contributed by atoms with van der Waals surface area (Å²) in [5.74, 6) is 0.264. The molecule has 7 nitrogen and oxygen atoms in total. The smallest absolute Gasteiger partial charge is 0.306 e. The molecule has 0 saturated heterocycles. The van der Waals surface area contributed by atoms with Gasteiger partial charge in [0.15, 0.2) is 0 Å². The minimum absolute atomic E-state index is 0.0795. The van der Waals surface area contributed by atoms with Gasteiger partial charge in [-0.2, -0.15) is 0 Å². The zero-order chi connectivity index (χ0) is 16.9. The Morgan fingerprint density at radius 3 is 2.45 bits per heavy atom. The fourth-order valence-electron chi connectivity index (χ4n) is 1.82. The highest BCUT2D eigenvalue weighted by Crippen LogP contribution is 2.19. The summed E-state index contributed by atoms with van der Waals surface area (Å²) in [7, 11) is 0.692. The Morgan fingerprint density at radius 2 is 1.95 bits per heavy atom. The molecule has 0 radical (unpaired) electrons. The second-order valence-electron chi connectivity index (χ2n) is 5.40. The van der Waals surface area contributed by atoms with Crippen LogP contribution in [0, 0.1) is 0 Å². The second kappa shape index (κ2) is 7.75. The normalized spacial score (nSPS) is 12.4. The van der Waals surface area contributed by atoms with Crippen molar-refractivity contribution in [3.05, 3.63) is 17.9 Å². The van der Waals surface area contributed by atoms with E-state index in [1.807, 2.05) is 18.7 Å². The largest absolute Gasteiger partial charge is 0.469 e. The van der Waals surface area contributed by atoms with Crippen LogP contribution >= 0.6 is 0 Å². The third-order valence-corrected chi connectivity index (χ3v) is 4.98. The highest BCUT2D eigenvalue weighted by Gasteiger charge is 2.22. The molecule has 1 aromatic rings. The van der Waals surface area contributed by atoms with E-state index in [1.165, 1.54) is 27.3 Å². The summed E-state index contributed by atoms with van der Waals surface area (Å²) in [6.45, 7) is 4.94. The molecule has 0 amide bonds. The number of furan rings is 1. The van der Waals surface area contributed by atoms with Gasteiger partial charge in [0.25, 0.3) is 10.0 Å². The summed E-state index contributed by atoms with van der Waals surface area (Å²) >= 11 is 0. The molecular weight excluding hydrogens is 308 g/mol. The molecule has 0 aromatic carbocycles. The molecule has 0 N–H and O–H groups in total. The molecule has 0 aliphatic carbocycles. The van der Waals surface area contributed by atoms with Crippen LogP contribution in [0.15, 0.2) is 21.6 Å². The van der Waals surface area contributed by atoms with Crippen molar-refractivity contribution >= 4 is 16.0 Å². The highest BCUT2D eigenvalue weighted by atomic mass is 32.2. The quantitative estimate of drug-likeness (QED) is 0.668. The molecule has 1 rings (SSSR count). The van der Waals surface area contributed by atoms with Crippen LogP contribution in [0.4, 0.5) is 0 Å².